The first kappa shape index (κ1) is 24.1. The molecule has 0 bridgehead atoms. The molecule has 1 aliphatic heterocycles. The highest BCUT2D eigenvalue weighted by Crippen LogP contribution is 2.28. The number of pyridine rings is 1. The molecule has 1 aromatic carbocycles. The molecule has 1 fully saturated rings. The molecule has 0 spiro atoms. The first-order chi connectivity index (χ1) is 16.5. The Balaban J connectivity index is 1.41. The number of carbonyl (C=O) groups excluding carboxylic acids is 2. The second-order valence-electron chi connectivity index (χ2n) is 8.87. The minimum absolute atomic E-state index is 0.0439. The van der Waals surface area contributed by atoms with E-state index in [0.29, 0.717) is 43.5 Å². The number of rotatable bonds is 8. The van der Waals surface area contributed by atoms with Crippen molar-refractivity contribution in [1.82, 2.24) is 14.8 Å². The van der Waals surface area contributed by atoms with E-state index in [1.54, 1.807) is 29.4 Å². The van der Waals surface area contributed by atoms with E-state index in [-0.39, 0.29) is 29.6 Å². The van der Waals surface area contributed by atoms with Crippen LogP contribution in [0, 0.1) is 11.7 Å². The number of hydrogen-bond donors (Lipinski definition) is 0. The number of likely N-dealkylation sites (N-methyl/N-ethyl adjacent to an activating group) is 1. The largest absolute Gasteiger partial charge is 0.343 e. The number of thiophene rings is 1. The van der Waals surface area contributed by atoms with Gasteiger partial charge in [-0.2, -0.15) is 11.3 Å². The number of halogens is 1. The third-order valence-corrected chi connectivity index (χ3v) is 7.44. The fourth-order valence-corrected chi connectivity index (χ4v) is 5.37. The lowest BCUT2D eigenvalue weighted by Gasteiger charge is -2.40. The van der Waals surface area contributed by atoms with Gasteiger partial charge in [0.05, 0.1) is 5.56 Å². The summed E-state index contributed by atoms with van der Waals surface area (Å²) >= 11 is 1.49. The fraction of sp³-hybridized carbons (Fsp3) is 0.370. The van der Waals surface area contributed by atoms with Crippen molar-refractivity contribution in [3.05, 3.63) is 88.1 Å². The predicted molar refractivity (Wildman–Crippen MR) is 132 cm³/mol. The monoisotopic (exact) mass is 479 g/mol. The smallest absolute Gasteiger partial charge is 0.254 e. The molecule has 0 radical (unpaired) electrons. The van der Waals surface area contributed by atoms with E-state index < -0.39 is 0 Å². The van der Waals surface area contributed by atoms with E-state index in [4.69, 9.17) is 0 Å². The van der Waals surface area contributed by atoms with Crippen molar-refractivity contribution in [2.75, 3.05) is 20.1 Å². The van der Waals surface area contributed by atoms with Crippen LogP contribution in [0.4, 0.5) is 4.39 Å². The van der Waals surface area contributed by atoms with Gasteiger partial charge in [0.2, 0.25) is 5.91 Å². The molecule has 178 valence electrons. The van der Waals surface area contributed by atoms with Crippen LogP contribution < -0.4 is 0 Å². The number of hydrogen-bond acceptors (Lipinski definition) is 4. The molecule has 1 saturated heterocycles. The van der Waals surface area contributed by atoms with Crippen molar-refractivity contribution in [3.8, 4) is 0 Å². The number of piperidine rings is 1. The molecular formula is C27H30FN3O2S. The molecule has 3 heterocycles. The van der Waals surface area contributed by atoms with Crippen molar-refractivity contribution in [3.63, 3.8) is 0 Å². The van der Waals surface area contributed by atoms with E-state index in [0.717, 1.165) is 18.4 Å². The third kappa shape index (κ3) is 5.89. The number of aromatic nitrogens is 1. The SMILES string of the molecule is CN(C(=O)c1ccsc1)[C@@H](Cc1ccccc1F)C1CCN(C(=O)CCc2cccnc2)CC1. The Morgan fingerprint density at radius 2 is 1.97 bits per heavy atom. The van der Waals surface area contributed by atoms with Gasteiger partial charge in [0.15, 0.2) is 0 Å². The zero-order valence-corrected chi connectivity index (χ0v) is 20.2. The molecule has 5 nitrogen and oxygen atoms in total. The quantitative estimate of drug-likeness (QED) is 0.465. The Morgan fingerprint density at radius 1 is 1.18 bits per heavy atom. The molecule has 2 aromatic heterocycles. The summed E-state index contributed by atoms with van der Waals surface area (Å²) in [6, 6.07) is 12.3. The maximum Gasteiger partial charge on any atom is 0.254 e. The first-order valence-corrected chi connectivity index (χ1v) is 12.7. The van der Waals surface area contributed by atoms with E-state index in [1.807, 2.05) is 47.0 Å². The van der Waals surface area contributed by atoms with Crippen LogP contribution in [-0.4, -0.2) is 52.8 Å². The number of carbonyl (C=O) groups is 2. The van der Waals surface area contributed by atoms with Crippen molar-refractivity contribution < 1.29 is 14.0 Å². The van der Waals surface area contributed by atoms with Gasteiger partial charge >= 0.3 is 0 Å². The Morgan fingerprint density at radius 3 is 2.65 bits per heavy atom. The molecule has 0 N–H and O–H groups in total. The average Bonchev–Trinajstić information content (AvgIpc) is 3.42. The Labute approximate surface area is 204 Å². The van der Waals surface area contributed by atoms with Crippen LogP contribution in [0.15, 0.2) is 65.6 Å². The van der Waals surface area contributed by atoms with E-state index in [1.165, 1.54) is 17.4 Å². The molecule has 7 heteroatoms. The summed E-state index contributed by atoms with van der Waals surface area (Å²) in [4.78, 5) is 33.7. The second-order valence-corrected chi connectivity index (χ2v) is 9.65. The lowest BCUT2D eigenvalue weighted by Crippen LogP contribution is -2.48. The van der Waals surface area contributed by atoms with Crippen molar-refractivity contribution in [2.45, 2.75) is 38.1 Å². The molecule has 2 amide bonds. The molecule has 0 aliphatic carbocycles. The number of nitrogens with zero attached hydrogens (tertiary/aromatic N) is 3. The van der Waals surface area contributed by atoms with Gasteiger partial charge in [-0.1, -0.05) is 24.3 Å². The van der Waals surface area contributed by atoms with Gasteiger partial charge in [-0.25, -0.2) is 4.39 Å². The first-order valence-electron chi connectivity index (χ1n) is 11.7. The molecular weight excluding hydrogens is 449 g/mol. The van der Waals surface area contributed by atoms with Gasteiger partial charge in [-0.05, 0) is 66.3 Å². The molecule has 0 saturated carbocycles. The summed E-state index contributed by atoms with van der Waals surface area (Å²) in [5, 5.41) is 3.74. The summed E-state index contributed by atoms with van der Waals surface area (Å²) in [7, 11) is 1.82. The highest BCUT2D eigenvalue weighted by molar-refractivity contribution is 7.08. The molecule has 4 rings (SSSR count). The van der Waals surface area contributed by atoms with Gasteiger partial charge in [-0.15, -0.1) is 0 Å². The summed E-state index contributed by atoms with van der Waals surface area (Å²) in [5.74, 6) is 0.0506. The van der Waals surface area contributed by atoms with Crippen molar-refractivity contribution in [1.29, 1.82) is 0 Å². The molecule has 1 aliphatic rings. The van der Waals surface area contributed by atoms with E-state index in [2.05, 4.69) is 4.98 Å². The average molecular weight is 480 g/mol. The van der Waals surface area contributed by atoms with Crippen molar-refractivity contribution >= 4 is 23.2 Å². The van der Waals surface area contributed by atoms with Gasteiger partial charge in [0.1, 0.15) is 5.82 Å². The zero-order valence-electron chi connectivity index (χ0n) is 19.4. The minimum Gasteiger partial charge on any atom is -0.343 e. The van der Waals surface area contributed by atoms with Gasteiger partial charge in [0, 0.05) is 50.4 Å². The van der Waals surface area contributed by atoms with Crippen LogP contribution >= 0.6 is 11.3 Å². The fourth-order valence-electron chi connectivity index (χ4n) is 4.74. The molecule has 3 aromatic rings. The Hall–Kier alpha value is -3.06. The summed E-state index contributed by atoms with van der Waals surface area (Å²) < 4.78 is 14.5. The number of likely N-dealkylation sites (tertiary alicyclic amines) is 1. The van der Waals surface area contributed by atoms with Gasteiger partial charge in [-0.3, -0.25) is 14.6 Å². The summed E-state index contributed by atoms with van der Waals surface area (Å²) in [6.07, 6.45) is 6.71. The summed E-state index contributed by atoms with van der Waals surface area (Å²) in [6.45, 7) is 1.32. The summed E-state index contributed by atoms with van der Waals surface area (Å²) in [5.41, 5.74) is 2.34. The highest BCUT2D eigenvalue weighted by Gasteiger charge is 2.33. The second kappa shape index (κ2) is 11.4. The standard InChI is InChI=1S/C27H30FN3O2S/c1-30(27(33)23-12-16-34-19-23)25(17-22-6-2-3-7-24(22)28)21-10-14-31(15-11-21)26(32)9-8-20-5-4-13-29-18-20/h2-7,12-13,16,18-19,21,25H,8-11,14-15,17H2,1H3/t25-/m0/s1. The van der Waals surface area contributed by atoms with Gasteiger partial charge < -0.3 is 9.80 Å². The van der Waals surface area contributed by atoms with Crippen molar-refractivity contribution in [2.24, 2.45) is 5.92 Å². The predicted octanol–water partition coefficient (Wildman–Crippen LogP) is 4.84. The minimum atomic E-state index is -0.244. The maximum absolute atomic E-state index is 14.5. The number of amides is 2. The molecule has 34 heavy (non-hydrogen) atoms. The number of aryl methyl sites for hydroxylation is 1. The normalized spacial score (nSPS) is 15.2. The lowest BCUT2D eigenvalue weighted by molar-refractivity contribution is -0.132. The van der Waals surface area contributed by atoms with Crippen LogP contribution in [0.25, 0.3) is 0 Å². The maximum atomic E-state index is 14.5. The van der Waals surface area contributed by atoms with Gasteiger partial charge in [0.25, 0.3) is 5.91 Å². The van der Waals surface area contributed by atoms with E-state index in [9.17, 15) is 14.0 Å². The van der Waals surface area contributed by atoms with Crippen LogP contribution in [-0.2, 0) is 17.6 Å². The number of benzene rings is 1. The molecule has 1 atom stereocenters. The Bertz CT molecular complexity index is 1080. The highest BCUT2D eigenvalue weighted by atomic mass is 32.1. The lowest BCUT2D eigenvalue weighted by atomic mass is 9.84. The molecule has 0 unspecified atom stereocenters. The van der Waals surface area contributed by atoms with Crippen LogP contribution in [0.2, 0.25) is 0 Å². The third-order valence-electron chi connectivity index (χ3n) is 6.76. The Kier molecular flexibility index (Phi) is 8.06. The van der Waals surface area contributed by atoms with Crippen LogP contribution in [0.5, 0.6) is 0 Å². The van der Waals surface area contributed by atoms with Crippen LogP contribution in [0.3, 0.4) is 0 Å². The van der Waals surface area contributed by atoms with E-state index >= 15 is 0 Å². The van der Waals surface area contributed by atoms with Crippen LogP contribution in [0.1, 0.15) is 40.7 Å². The zero-order chi connectivity index (χ0) is 23.9. The topological polar surface area (TPSA) is 53.5 Å².